The van der Waals surface area contributed by atoms with Crippen molar-refractivity contribution in [3.8, 4) is 22.6 Å². The van der Waals surface area contributed by atoms with Gasteiger partial charge in [0.05, 0.1) is 5.69 Å². The van der Waals surface area contributed by atoms with Crippen LogP contribution < -0.4 is 5.56 Å². The summed E-state index contributed by atoms with van der Waals surface area (Å²) in [6, 6.07) is 11.4. The summed E-state index contributed by atoms with van der Waals surface area (Å²) in [5.74, 6) is 0.482. The van der Waals surface area contributed by atoms with Crippen LogP contribution in [0.3, 0.4) is 0 Å². The number of pyridine rings is 1. The van der Waals surface area contributed by atoms with E-state index in [4.69, 9.17) is 0 Å². The minimum atomic E-state index is -0.223. The van der Waals surface area contributed by atoms with E-state index < -0.39 is 0 Å². The molecule has 0 aliphatic heterocycles. The lowest BCUT2D eigenvalue weighted by molar-refractivity contribution is 1.11. The Morgan fingerprint density at radius 2 is 1.76 bits per heavy atom. The van der Waals surface area contributed by atoms with Gasteiger partial charge >= 0.3 is 0 Å². The smallest absolute Gasteiger partial charge is 0.266 e. The summed E-state index contributed by atoms with van der Waals surface area (Å²) in [5, 5.41) is 0. The third kappa shape index (κ3) is 2.96. The van der Waals surface area contributed by atoms with Crippen LogP contribution in [-0.2, 0) is 0 Å². The monoisotopic (exact) mass is 405 g/mol. The predicted molar refractivity (Wildman–Crippen MR) is 88.9 cm³/mol. The number of rotatable bonds is 2. The minimum absolute atomic E-state index is 0.223. The summed E-state index contributed by atoms with van der Waals surface area (Å²) < 4.78 is 1.24. The molecule has 0 fully saturated rings. The van der Waals surface area contributed by atoms with Crippen molar-refractivity contribution < 1.29 is 0 Å². The Morgan fingerprint density at radius 1 is 1.00 bits per heavy atom. The molecule has 1 aromatic carbocycles. The first-order valence-corrected chi connectivity index (χ1v) is 7.70. The molecule has 3 rings (SSSR count). The number of hydrogen-bond acceptors (Lipinski definition) is 3. The molecule has 0 aliphatic carbocycles. The maximum atomic E-state index is 12.1. The van der Waals surface area contributed by atoms with Gasteiger partial charge in [-0.15, -0.1) is 0 Å². The van der Waals surface area contributed by atoms with Gasteiger partial charge in [0.1, 0.15) is 10.3 Å². The number of nitrogens with one attached hydrogen (secondary N) is 1. The first-order chi connectivity index (χ1) is 10.1. The highest BCUT2D eigenvalue weighted by Gasteiger charge is 2.12. The van der Waals surface area contributed by atoms with E-state index >= 15 is 0 Å². The second-order valence-electron chi connectivity index (χ2n) is 4.33. The molecule has 0 atom stereocenters. The summed E-state index contributed by atoms with van der Waals surface area (Å²) in [5.41, 5.74) is 2.00. The molecule has 6 heteroatoms. The number of H-pyrrole nitrogens is 1. The molecule has 0 unspecified atom stereocenters. The molecule has 1 N–H and O–H groups in total. The first kappa shape index (κ1) is 14.2. The van der Waals surface area contributed by atoms with E-state index in [-0.39, 0.29) is 5.56 Å². The van der Waals surface area contributed by atoms with Gasteiger partial charge in [-0.25, -0.2) is 4.98 Å². The maximum Gasteiger partial charge on any atom is 0.266 e. The van der Waals surface area contributed by atoms with Crippen LogP contribution in [0.15, 0.2) is 62.5 Å². The van der Waals surface area contributed by atoms with Gasteiger partial charge in [0.25, 0.3) is 5.56 Å². The molecule has 0 aliphatic rings. The minimum Gasteiger partial charge on any atom is -0.305 e. The van der Waals surface area contributed by atoms with E-state index in [1.807, 2.05) is 36.4 Å². The largest absolute Gasteiger partial charge is 0.305 e. The fraction of sp³-hybridized carbons (Fsp3) is 0. The Morgan fingerprint density at radius 3 is 2.48 bits per heavy atom. The van der Waals surface area contributed by atoms with Gasteiger partial charge < -0.3 is 4.98 Å². The van der Waals surface area contributed by atoms with Crippen molar-refractivity contribution in [1.29, 1.82) is 0 Å². The van der Waals surface area contributed by atoms with Gasteiger partial charge in [0, 0.05) is 28.0 Å². The number of halogens is 2. The molecule has 2 aromatic heterocycles. The maximum absolute atomic E-state index is 12.1. The highest BCUT2D eigenvalue weighted by molar-refractivity contribution is 9.10. The Hall–Kier alpha value is -1.79. The molecule has 0 bridgehead atoms. The van der Waals surface area contributed by atoms with Crippen molar-refractivity contribution in [2.24, 2.45) is 0 Å². The number of hydrogen-bond donors (Lipinski definition) is 1. The second-order valence-corrected chi connectivity index (χ2v) is 6.04. The molecule has 0 spiro atoms. The number of benzene rings is 1. The highest BCUT2D eigenvalue weighted by atomic mass is 79.9. The molecular weight excluding hydrogens is 398 g/mol. The second kappa shape index (κ2) is 5.91. The first-order valence-electron chi connectivity index (χ1n) is 6.11. The molecule has 0 saturated heterocycles. The Kier molecular flexibility index (Phi) is 3.98. The topological polar surface area (TPSA) is 58.6 Å². The summed E-state index contributed by atoms with van der Waals surface area (Å²) in [4.78, 5) is 23.5. The zero-order valence-electron chi connectivity index (χ0n) is 10.7. The Balaban J connectivity index is 2.21. The van der Waals surface area contributed by atoms with E-state index in [0.717, 1.165) is 15.6 Å². The van der Waals surface area contributed by atoms with Gasteiger partial charge in [-0.1, -0.05) is 30.3 Å². The standard InChI is InChI=1S/C15H9Br2N3O/c16-11-6-10(7-18-8-11)14-19-13(12(17)15(21)20-14)9-4-2-1-3-5-9/h1-8H,(H,19,20,21). The number of aromatic amines is 1. The van der Waals surface area contributed by atoms with Crippen LogP contribution in [0.2, 0.25) is 0 Å². The zero-order chi connectivity index (χ0) is 14.8. The summed E-state index contributed by atoms with van der Waals surface area (Å²) in [6.45, 7) is 0. The molecule has 4 nitrogen and oxygen atoms in total. The lowest BCUT2D eigenvalue weighted by Crippen LogP contribution is -2.11. The normalized spacial score (nSPS) is 10.6. The van der Waals surface area contributed by atoms with Gasteiger partial charge in [0.15, 0.2) is 0 Å². The average Bonchev–Trinajstić information content (AvgIpc) is 2.51. The molecule has 104 valence electrons. The van der Waals surface area contributed by atoms with E-state index in [0.29, 0.717) is 16.0 Å². The zero-order valence-corrected chi connectivity index (χ0v) is 13.8. The summed E-state index contributed by atoms with van der Waals surface area (Å²) >= 11 is 6.67. The van der Waals surface area contributed by atoms with Crippen LogP contribution in [0.4, 0.5) is 0 Å². The average molecular weight is 407 g/mol. The molecular formula is C15H9Br2N3O. The van der Waals surface area contributed by atoms with Gasteiger partial charge in [-0.2, -0.15) is 0 Å². The van der Waals surface area contributed by atoms with Crippen LogP contribution >= 0.6 is 31.9 Å². The number of aromatic nitrogens is 3. The number of nitrogens with zero attached hydrogens (tertiary/aromatic N) is 2. The predicted octanol–water partition coefficient (Wildman–Crippen LogP) is 4.02. The SMILES string of the molecule is O=c1[nH]c(-c2cncc(Br)c2)nc(-c2ccccc2)c1Br. The van der Waals surface area contributed by atoms with Crippen molar-refractivity contribution in [3.05, 3.63) is 68.1 Å². The van der Waals surface area contributed by atoms with E-state index in [1.54, 1.807) is 12.4 Å². The van der Waals surface area contributed by atoms with Gasteiger partial charge in [0.2, 0.25) is 0 Å². The molecule has 0 radical (unpaired) electrons. The highest BCUT2D eigenvalue weighted by Crippen LogP contribution is 2.26. The van der Waals surface area contributed by atoms with Crippen LogP contribution in [0, 0.1) is 0 Å². The Labute approximate surface area is 137 Å². The molecule has 0 amide bonds. The molecule has 0 saturated carbocycles. The molecule has 2 heterocycles. The van der Waals surface area contributed by atoms with Crippen LogP contribution in [-0.4, -0.2) is 15.0 Å². The van der Waals surface area contributed by atoms with Crippen molar-refractivity contribution in [2.45, 2.75) is 0 Å². The van der Waals surface area contributed by atoms with Gasteiger partial charge in [-0.05, 0) is 37.9 Å². The van der Waals surface area contributed by atoms with Crippen molar-refractivity contribution in [1.82, 2.24) is 15.0 Å². The van der Waals surface area contributed by atoms with Gasteiger partial charge in [-0.3, -0.25) is 9.78 Å². The fourth-order valence-corrected chi connectivity index (χ4v) is 2.71. The van der Waals surface area contributed by atoms with Crippen molar-refractivity contribution in [3.63, 3.8) is 0 Å². The van der Waals surface area contributed by atoms with Crippen molar-refractivity contribution in [2.75, 3.05) is 0 Å². The van der Waals surface area contributed by atoms with E-state index in [2.05, 4.69) is 46.8 Å². The lowest BCUT2D eigenvalue weighted by Gasteiger charge is -2.07. The van der Waals surface area contributed by atoms with E-state index in [1.165, 1.54) is 0 Å². The third-order valence-corrected chi connectivity index (χ3v) is 4.06. The van der Waals surface area contributed by atoms with Crippen LogP contribution in [0.25, 0.3) is 22.6 Å². The Bertz CT molecular complexity index is 847. The molecule has 3 aromatic rings. The fourth-order valence-electron chi connectivity index (χ4n) is 1.92. The quantitative estimate of drug-likeness (QED) is 0.699. The summed E-state index contributed by atoms with van der Waals surface area (Å²) in [6.07, 6.45) is 3.34. The summed E-state index contributed by atoms with van der Waals surface area (Å²) in [7, 11) is 0. The third-order valence-electron chi connectivity index (χ3n) is 2.89. The van der Waals surface area contributed by atoms with Crippen molar-refractivity contribution >= 4 is 31.9 Å². The van der Waals surface area contributed by atoms with Crippen LogP contribution in [0.5, 0.6) is 0 Å². The van der Waals surface area contributed by atoms with E-state index in [9.17, 15) is 4.79 Å². The lowest BCUT2D eigenvalue weighted by atomic mass is 10.1. The van der Waals surface area contributed by atoms with Crippen LogP contribution in [0.1, 0.15) is 0 Å². The molecule has 21 heavy (non-hydrogen) atoms.